The first-order chi connectivity index (χ1) is 8.88. The first-order valence-electron chi connectivity index (χ1n) is 5.96. The Bertz CT molecular complexity index is 509. The number of nitro benzene ring substituents is 1. The molecule has 0 aromatic heterocycles. The third kappa shape index (κ3) is 6.88. The summed E-state index contributed by atoms with van der Waals surface area (Å²) >= 11 is 0. The molecule has 0 N–H and O–H groups in total. The van der Waals surface area contributed by atoms with Gasteiger partial charge < -0.3 is 0 Å². The van der Waals surface area contributed by atoms with Crippen LogP contribution in [0.4, 0.5) is 5.69 Å². The van der Waals surface area contributed by atoms with Crippen LogP contribution < -0.4 is 0 Å². The van der Waals surface area contributed by atoms with E-state index in [1.54, 1.807) is 12.1 Å². The van der Waals surface area contributed by atoms with Crippen molar-refractivity contribution < 1.29 is 17.5 Å². The Morgan fingerprint density at radius 3 is 2.32 bits per heavy atom. The van der Waals surface area contributed by atoms with Crippen molar-refractivity contribution in [3.63, 3.8) is 0 Å². The van der Waals surface area contributed by atoms with Gasteiger partial charge in [0.25, 0.3) is 15.8 Å². The van der Waals surface area contributed by atoms with Crippen LogP contribution in [0.15, 0.2) is 24.3 Å². The molecule has 0 aliphatic rings. The molecular weight excluding hydrogens is 270 g/mol. The second-order valence-corrected chi connectivity index (χ2v) is 5.90. The van der Waals surface area contributed by atoms with E-state index in [-0.39, 0.29) is 12.3 Å². The zero-order chi connectivity index (χ0) is 14.3. The molecule has 1 aromatic rings. The Balaban J connectivity index is 2.21. The molecule has 0 bridgehead atoms. The molecule has 0 unspecified atom stereocenters. The molecule has 7 heteroatoms. The highest BCUT2D eigenvalue weighted by Gasteiger charge is 2.04. The fourth-order valence-corrected chi connectivity index (χ4v) is 2.02. The summed E-state index contributed by atoms with van der Waals surface area (Å²) in [5.74, 6) is 0. The molecule has 0 spiro atoms. The second kappa shape index (κ2) is 7.20. The van der Waals surface area contributed by atoms with Crippen molar-refractivity contribution in [3.8, 4) is 0 Å². The van der Waals surface area contributed by atoms with Gasteiger partial charge in [-0.2, -0.15) is 8.42 Å². The van der Waals surface area contributed by atoms with E-state index in [0.717, 1.165) is 31.1 Å². The van der Waals surface area contributed by atoms with Crippen LogP contribution in [0.5, 0.6) is 0 Å². The first kappa shape index (κ1) is 15.6. The summed E-state index contributed by atoms with van der Waals surface area (Å²) in [6, 6.07) is 6.46. The van der Waals surface area contributed by atoms with E-state index in [0.29, 0.717) is 6.42 Å². The molecule has 1 rings (SSSR count). The SMILES string of the molecule is CS(=O)(=O)OCCCCCc1ccc([N+](=O)[O-])cc1. The summed E-state index contributed by atoms with van der Waals surface area (Å²) in [6.45, 7) is 0.207. The molecule has 0 fully saturated rings. The van der Waals surface area contributed by atoms with Crippen molar-refractivity contribution in [2.45, 2.75) is 25.7 Å². The number of non-ortho nitro benzene ring substituents is 1. The number of aryl methyl sites for hydroxylation is 1. The van der Waals surface area contributed by atoms with Gasteiger partial charge in [0.2, 0.25) is 0 Å². The van der Waals surface area contributed by atoms with Gasteiger partial charge in [-0.05, 0) is 24.8 Å². The molecule has 0 aliphatic heterocycles. The average molecular weight is 287 g/mol. The summed E-state index contributed by atoms with van der Waals surface area (Å²) in [6.07, 6.45) is 4.28. The summed E-state index contributed by atoms with van der Waals surface area (Å²) < 4.78 is 26.0. The van der Waals surface area contributed by atoms with Gasteiger partial charge in [-0.1, -0.05) is 18.6 Å². The highest BCUT2D eigenvalue weighted by molar-refractivity contribution is 7.85. The summed E-state index contributed by atoms with van der Waals surface area (Å²) in [4.78, 5) is 10.0. The van der Waals surface area contributed by atoms with Crippen LogP contribution in [-0.4, -0.2) is 26.2 Å². The standard InChI is InChI=1S/C12H17NO5S/c1-19(16,17)18-10-4-2-3-5-11-6-8-12(9-7-11)13(14)15/h6-9H,2-5,10H2,1H3. The number of benzene rings is 1. The third-order valence-electron chi connectivity index (χ3n) is 2.55. The lowest BCUT2D eigenvalue weighted by molar-refractivity contribution is -0.384. The van der Waals surface area contributed by atoms with Gasteiger partial charge >= 0.3 is 0 Å². The van der Waals surface area contributed by atoms with E-state index >= 15 is 0 Å². The largest absolute Gasteiger partial charge is 0.270 e. The Kier molecular flexibility index (Phi) is 5.91. The molecule has 0 heterocycles. The predicted molar refractivity (Wildman–Crippen MR) is 71.4 cm³/mol. The van der Waals surface area contributed by atoms with Crippen LogP contribution in [0, 0.1) is 10.1 Å². The average Bonchev–Trinajstić information content (AvgIpc) is 2.33. The molecule has 1 aromatic carbocycles. The van der Waals surface area contributed by atoms with Crippen LogP contribution in [0.1, 0.15) is 24.8 Å². The number of nitro groups is 1. The molecule has 0 saturated carbocycles. The highest BCUT2D eigenvalue weighted by Crippen LogP contribution is 2.14. The fraction of sp³-hybridized carbons (Fsp3) is 0.500. The summed E-state index contributed by atoms with van der Waals surface area (Å²) in [7, 11) is -3.34. The molecule has 0 saturated heterocycles. The fourth-order valence-electron chi connectivity index (χ4n) is 1.60. The van der Waals surface area contributed by atoms with Crippen molar-refractivity contribution in [1.82, 2.24) is 0 Å². The minimum atomic E-state index is -3.34. The summed E-state index contributed by atoms with van der Waals surface area (Å²) in [5.41, 5.74) is 1.12. The minimum absolute atomic E-state index is 0.0882. The third-order valence-corrected chi connectivity index (χ3v) is 3.15. The van der Waals surface area contributed by atoms with E-state index in [1.807, 2.05) is 0 Å². The second-order valence-electron chi connectivity index (χ2n) is 4.26. The Morgan fingerprint density at radius 2 is 1.79 bits per heavy atom. The van der Waals surface area contributed by atoms with Crippen LogP contribution >= 0.6 is 0 Å². The molecule has 19 heavy (non-hydrogen) atoms. The molecule has 0 amide bonds. The predicted octanol–water partition coefficient (Wildman–Crippen LogP) is 2.28. The monoisotopic (exact) mass is 287 g/mol. The maximum absolute atomic E-state index is 10.7. The van der Waals surface area contributed by atoms with Gasteiger partial charge in [0, 0.05) is 12.1 Å². The number of nitrogens with zero attached hydrogens (tertiary/aromatic N) is 1. The van der Waals surface area contributed by atoms with Crippen LogP contribution in [0.2, 0.25) is 0 Å². The van der Waals surface area contributed by atoms with Gasteiger partial charge in [0.05, 0.1) is 17.8 Å². The van der Waals surface area contributed by atoms with Crippen molar-refractivity contribution >= 4 is 15.8 Å². The van der Waals surface area contributed by atoms with Crippen LogP contribution in [0.25, 0.3) is 0 Å². The normalized spacial score (nSPS) is 11.4. The van der Waals surface area contributed by atoms with E-state index in [9.17, 15) is 18.5 Å². The Hall–Kier alpha value is -1.47. The van der Waals surface area contributed by atoms with E-state index < -0.39 is 15.0 Å². The van der Waals surface area contributed by atoms with E-state index in [1.165, 1.54) is 12.1 Å². The molecule has 0 radical (unpaired) electrons. The van der Waals surface area contributed by atoms with E-state index in [4.69, 9.17) is 0 Å². The van der Waals surface area contributed by atoms with Gasteiger partial charge in [-0.3, -0.25) is 14.3 Å². The smallest absolute Gasteiger partial charge is 0.269 e. The Labute approximate surface area is 112 Å². The van der Waals surface area contributed by atoms with Crippen LogP contribution in [0.3, 0.4) is 0 Å². The molecule has 0 aliphatic carbocycles. The van der Waals surface area contributed by atoms with Crippen molar-refractivity contribution in [3.05, 3.63) is 39.9 Å². The lowest BCUT2D eigenvalue weighted by Crippen LogP contribution is -2.04. The number of rotatable bonds is 8. The molecule has 0 atom stereocenters. The van der Waals surface area contributed by atoms with Gasteiger partial charge in [-0.25, -0.2) is 0 Å². The van der Waals surface area contributed by atoms with E-state index in [2.05, 4.69) is 4.18 Å². The summed E-state index contributed by atoms with van der Waals surface area (Å²) in [5, 5.41) is 10.5. The Morgan fingerprint density at radius 1 is 1.16 bits per heavy atom. The zero-order valence-electron chi connectivity index (χ0n) is 10.7. The molecular formula is C12H17NO5S. The quantitative estimate of drug-likeness (QED) is 0.317. The van der Waals surface area contributed by atoms with Crippen LogP contribution in [-0.2, 0) is 20.7 Å². The lowest BCUT2D eigenvalue weighted by atomic mass is 10.1. The number of hydrogen-bond donors (Lipinski definition) is 0. The topological polar surface area (TPSA) is 86.5 Å². The number of unbranched alkanes of at least 4 members (excludes halogenated alkanes) is 2. The molecule has 106 valence electrons. The van der Waals surface area contributed by atoms with Gasteiger partial charge in [0.15, 0.2) is 0 Å². The maximum Gasteiger partial charge on any atom is 0.269 e. The molecule has 6 nitrogen and oxygen atoms in total. The number of hydrogen-bond acceptors (Lipinski definition) is 5. The van der Waals surface area contributed by atoms with Crippen molar-refractivity contribution in [2.75, 3.05) is 12.9 Å². The maximum atomic E-state index is 10.7. The first-order valence-corrected chi connectivity index (χ1v) is 7.78. The van der Waals surface area contributed by atoms with Crippen molar-refractivity contribution in [2.24, 2.45) is 0 Å². The minimum Gasteiger partial charge on any atom is -0.270 e. The van der Waals surface area contributed by atoms with Gasteiger partial charge in [-0.15, -0.1) is 0 Å². The zero-order valence-corrected chi connectivity index (χ0v) is 11.6. The van der Waals surface area contributed by atoms with Gasteiger partial charge in [0.1, 0.15) is 0 Å². The highest BCUT2D eigenvalue weighted by atomic mass is 32.2. The van der Waals surface area contributed by atoms with Crippen molar-refractivity contribution in [1.29, 1.82) is 0 Å². The lowest BCUT2D eigenvalue weighted by Gasteiger charge is -2.02.